The van der Waals surface area contributed by atoms with Gasteiger partial charge in [-0.1, -0.05) is 0 Å². The average Bonchev–Trinajstić information content (AvgIpc) is 3.21. The van der Waals surface area contributed by atoms with Crippen LogP contribution in [0.25, 0.3) is 0 Å². The first kappa shape index (κ1) is 21.8. The number of nitrogens with one attached hydrogen (secondary N) is 2. The SMILES string of the molecule is Cc1cc(NC(=O)CC(C)NC(=O)c2ccc(Br)s2)ccc1N1C(C)CCC1C. The maximum atomic E-state index is 12.4. The Morgan fingerprint density at radius 3 is 2.48 bits per heavy atom. The fourth-order valence-corrected chi connectivity index (χ4v) is 5.25. The number of nitrogens with zero attached hydrogens (tertiary/aromatic N) is 1. The van der Waals surface area contributed by atoms with Gasteiger partial charge in [-0.15, -0.1) is 11.3 Å². The molecule has 3 unspecified atom stereocenters. The summed E-state index contributed by atoms with van der Waals surface area (Å²) >= 11 is 4.73. The molecule has 0 bridgehead atoms. The first-order chi connectivity index (χ1) is 13.7. The lowest BCUT2D eigenvalue weighted by atomic mass is 10.1. The molecular formula is C22H28BrN3O2S. The fraction of sp³-hybridized carbons (Fsp3) is 0.455. The highest BCUT2D eigenvalue weighted by Crippen LogP contribution is 2.33. The van der Waals surface area contributed by atoms with Crippen LogP contribution in [0, 0.1) is 6.92 Å². The molecule has 3 rings (SSSR count). The second-order valence-corrected chi connectivity index (χ2v) is 10.4. The van der Waals surface area contributed by atoms with Gasteiger partial charge in [0.2, 0.25) is 5.91 Å². The predicted octanol–water partition coefficient (Wildman–Crippen LogP) is 5.34. The Hall–Kier alpha value is -1.86. The highest BCUT2D eigenvalue weighted by Gasteiger charge is 2.28. The number of carbonyl (C=O) groups is 2. The lowest BCUT2D eigenvalue weighted by Crippen LogP contribution is -2.35. The van der Waals surface area contributed by atoms with Crippen LogP contribution in [0.2, 0.25) is 0 Å². The zero-order valence-corrected chi connectivity index (χ0v) is 19.7. The molecule has 0 spiro atoms. The molecule has 1 aromatic carbocycles. The topological polar surface area (TPSA) is 61.4 Å². The quantitative estimate of drug-likeness (QED) is 0.589. The van der Waals surface area contributed by atoms with E-state index in [4.69, 9.17) is 0 Å². The van der Waals surface area contributed by atoms with Gasteiger partial charge in [0.05, 0.1) is 8.66 Å². The number of rotatable bonds is 6. The molecule has 0 saturated carbocycles. The Kier molecular flexibility index (Phi) is 7.01. The van der Waals surface area contributed by atoms with E-state index in [1.54, 1.807) is 6.07 Å². The largest absolute Gasteiger partial charge is 0.366 e. The summed E-state index contributed by atoms with van der Waals surface area (Å²) in [7, 11) is 0. The van der Waals surface area contributed by atoms with Crippen LogP contribution < -0.4 is 15.5 Å². The Morgan fingerprint density at radius 1 is 1.21 bits per heavy atom. The van der Waals surface area contributed by atoms with Gasteiger partial charge in [-0.3, -0.25) is 9.59 Å². The summed E-state index contributed by atoms with van der Waals surface area (Å²) in [6.45, 7) is 8.46. The van der Waals surface area contributed by atoms with Crippen LogP contribution in [-0.4, -0.2) is 29.9 Å². The van der Waals surface area contributed by atoms with Crippen molar-refractivity contribution in [1.82, 2.24) is 5.32 Å². The van der Waals surface area contributed by atoms with Crippen molar-refractivity contribution in [2.75, 3.05) is 10.2 Å². The van der Waals surface area contributed by atoms with Crippen molar-refractivity contribution in [3.05, 3.63) is 44.6 Å². The van der Waals surface area contributed by atoms with Crippen LogP contribution >= 0.6 is 27.3 Å². The van der Waals surface area contributed by atoms with Crippen LogP contribution in [0.4, 0.5) is 11.4 Å². The second kappa shape index (κ2) is 9.30. The molecule has 1 aromatic heterocycles. The molecular weight excluding hydrogens is 450 g/mol. The molecule has 2 N–H and O–H groups in total. The number of anilines is 2. The number of hydrogen-bond donors (Lipinski definition) is 2. The maximum Gasteiger partial charge on any atom is 0.261 e. The minimum Gasteiger partial charge on any atom is -0.366 e. The van der Waals surface area contributed by atoms with E-state index < -0.39 is 0 Å². The molecule has 0 aliphatic carbocycles. The zero-order chi connectivity index (χ0) is 21.1. The monoisotopic (exact) mass is 477 g/mol. The molecule has 0 radical (unpaired) electrons. The van der Waals surface area contributed by atoms with Gasteiger partial charge in [0.25, 0.3) is 5.91 Å². The van der Waals surface area contributed by atoms with Crippen molar-refractivity contribution in [2.24, 2.45) is 0 Å². The van der Waals surface area contributed by atoms with Crippen LogP contribution in [0.1, 0.15) is 55.3 Å². The number of hydrogen-bond acceptors (Lipinski definition) is 4. The van der Waals surface area contributed by atoms with E-state index in [2.05, 4.69) is 58.3 Å². The number of amides is 2. The predicted molar refractivity (Wildman–Crippen MR) is 124 cm³/mol. The van der Waals surface area contributed by atoms with Crippen LogP contribution in [0.15, 0.2) is 34.1 Å². The Labute approximate surface area is 185 Å². The molecule has 156 valence electrons. The molecule has 2 amide bonds. The summed E-state index contributed by atoms with van der Waals surface area (Å²) < 4.78 is 0.907. The van der Waals surface area contributed by atoms with Crippen molar-refractivity contribution in [1.29, 1.82) is 0 Å². The smallest absolute Gasteiger partial charge is 0.261 e. The number of carbonyl (C=O) groups excluding carboxylic acids is 2. The Bertz CT molecular complexity index is 888. The van der Waals surface area contributed by atoms with E-state index in [0.717, 1.165) is 15.0 Å². The van der Waals surface area contributed by atoms with Crippen LogP contribution in [0.3, 0.4) is 0 Å². The molecule has 7 heteroatoms. The molecule has 3 atom stereocenters. The van der Waals surface area contributed by atoms with Gasteiger partial charge in [-0.25, -0.2) is 0 Å². The summed E-state index contributed by atoms with van der Waals surface area (Å²) in [5.74, 6) is -0.268. The number of aryl methyl sites for hydroxylation is 1. The third kappa shape index (κ3) is 5.39. The van der Waals surface area contributed by atoms with E-state index >= 15 is 0 Å². The highest BCUT2D eigenvalue weighted by atomic mass is 79.9. The van der Waals surface area contributed by atoms with Crippen molar-refractivity contribution in [3.8, 4) is 0 Å². The molecule has 1 aliphatic heterocycles. The minimum atomic E-state index is -0.255. The Balaban J connectivity index is 1.56. The summed E-state index contributed by atoms with van der Waals surface area (Å²) in [5.41, 5.74) is 3.19. The highest BCUT2D eigenvalue weighted by molar-refractivity contribution is 9.11. The standard InChI is InChI=1S/C22H28BrN3O2S/c1-13-11-17(7-8-18(13)26-15(3)5-6-16(26)4)25-21(27)12-14(2)24-22(28)19-9-10-20(23)29-19/h7-11,14-16H,5-6,12H2,1-4H3,(H,24,28)(H,25,27). The number of thiophene rings is 1. The molecule has 2 aromatic rings. The molecule has 1 saturated heterocycles. The Morgan fingerprint density at radius 2 is 1.90 bits per heavy atom. The van der Waals surface area contributed by atoms with Gasteiger partial charge in [0.15, 0.2) is 0 Å². The first-order valence-electron chi connectivity index (χ1n) is 9.99. The van der Waals surface area contributed by atoms with E-state index in [-0.39, 0.29) is 24.3 Å². The van der Waals surface area contributed by atoms with Crippen molar-refractivity contribution < 1.29 is 9.59 Å². The molecule has 5 nitrogen and oxygen atoms in total. The number of benzene rings is 1. The second-order valence-electron chi connectivity index (χ2n) is 7.91. The normalized spacial score (nSPS) is 19.8. The van der Waals surface area contributed by atoms with Gasteiger partial charge in [-0.05, 0) is 92.4 Å². The van der Waals surface area contributed by atoms with Gasteiger partial charge in [-0.2, -0.15) is 0 Å². The lowest BCUT2D eigenvalue weighted by Gasteiger charge is -2.30. The van der Waals surface area contributed by atoms with Gasteiger partial charge in [0.1, 0.15) is 0 Å². The third-order valence-electron chi connectivity index (χ3n) is 5.38. The van der Waals surface area contributed by atoms with Crippen molar-refractivity contribution >= 4 is 50.5 Å². The third-order valence-corrected chi connectivity index (χ3v) is 7.00. The van der Waals surface area contributed by atoms with Crippen LogP contribution in [0.5, 0.6) is 0 Å². The zero-order valence-electron chi connectivity index (χ0n) is 17.3. The van der Waals surface area contributed by atoms with Gasteiger partial charge >= 0.3 is 0 Å². The molecule has 1 fully saturated rings. The van der Waals surface area contributed by atoms with E-state index in [9.17, 15) is 9.59 Å². The summed E-state index contributed by atoms with van der Waals surface area (Å²) in [6.07, 6.45) is 2.65. The average molecular weight is 478 g/mol. The van der Waals surface area contributed by atoms with Crippen LogP contribution in [-0.2, 0) is 4.79 Å². The summed E-state index contributed by atoms with van der Waals surface area (Å²) in [4.78, 5) is 27.7. The van der Waals surface area contributed by atoms with Crippen molar-refractivity contribution in [2.45, 2.75) is 65.1 Å². The molecule has 2 heterocycles. The summed E-state index contributed by atoms with van der Waals surface area (Å²) in [6, 6.07) is 10.5. The van der Waals surface area contributed by atoms with E-state index in [1.165, 1.54) is 29.9 Å². The van der Waals surface area contributed by atoms with Crippen molar-refractivity contribution in [3.63, 3.8) is 0 Å². The lowest BCUT2D eigenvalue weighted by molar-refractivity contribution is -0.116. The van der Waals surface area contributed by atoms with Gasteiger partial charge in [0, 0.05) is 35.9 Å². The van der Waals surface area contributed by atoms with E-state index in [0.29, 0.717) is 17.0 Å². The first-order valence-corrected chi connectivity index (χ1v) is 11.6. The minimum absolute atomic E-state index is 0.111. The maximum absolute atomic E-state index is 12.4. The summed E-state index contributed by atoms with van der Waals surface area (Å²) in [5, 5.41) is 5.83. The fourth-order valence-electron chi connectivity index (χ4n) is 3.97. The van der Waals surface area contributed by atoms with Gasteiger partial charge < -0.3 is 15.5 Å². The molecule has 29 heavy (non-hydrogen) atoms. The number of halogens is 1. The van der Waals surface area contributed by atoms with E-state index in [1.807, 2.05) is 25.1 Å². The molecule has 1 aliphatic rings.